The van der Waals surface area contributed by atoms with Crippen LogP contribution in [0.3, 0.4) is 0 Å². The molecular weight excluding hydrogens is 284 g/mol. The molecule has 0 heterocycles. The van der Waals surface area contributed by atoms with E-state index < -0.39 is 0 Å². The molecule has 98 valence electrons. The van der Waals surface area contributed by atoms with Crippen molar-refractivity contribution in [2.75, 3.05) is 0 Å². The fourth-order valence-electron chi connectivity index (χ4n) is 3.88. The summed E-state index contributed by atoms with van der Waals surface area (Å²) in [6.45, 7) is 4.42. The molecule has 18 heavy (non-hydrogen) atoms. The highest BCUT2D eigenvalue weighted by Crippen LogP contribution is 2.58. The lowest BCUT2D eigenvalue weighted by molar-refractivity contribution is 0.480. The highest BCUT2D eigenvalue weighted by atomic mass is 79.9. The monoisotopic (exact) mass is 306 g/mol. The summed E-state index contributed by atoms with van der Waals surface area (Å²) in [5, 5.41) is 0. The van der Waals surface area contributed by atoms with Gasteiger partial charge in [0.15, 0.2) is 0 Å². The molecule has 0 spiro atoms. The summed E-state index contributed by atoms with van der Waals surface area (Å²) < 4.78 is 0. The van der Waals surface area contributed by atoms with Crippen LogP contribution in [0.25, 0.3) is 0 Å². The topological polar surface area (TPSA) is 0 Å². The lowest BCUT2D eigenvalue weighted by atomic mass is 10.0. The van der Waals surface area contributed by atoms with Crippen LogP contribution in [0, 0.1) is 31.6 Å². The van der Waals surface area contributed by atoms with E-state index in [4.69, 9.17) is 0 Å². The third-order valence-corrected chi connectivity index (χ3v) is 6.08. The van der Waals surface area contributed by atoms with E-state index in [2.05, 4.69) is 48.0 Å². The van der Waals surface area contributed by atoms with Crippen LogP contribution >= 0.6 is 15.9 Å². The predicted molar refractivity (Wildman–Crippen MR) is 81.3 cm³/mol. The maximum Gasteiger partial charge on any atom is 0.0219 e. The second-order valence-corrected chi connectivity index (χ2v) is 7.50. The van der Waals surface area contributed by atoms with Crippen LogP contribution in [0.15, 0.2) is 18.2 Å². The molecule has 0 bridgehead atoms. The molecule has 1 aromatic carbocycles. The number of hydrogen-bond acceptors (Lipinski definition) is 0. The van der Waals surface area contributed by atoms with Crippen LogP contribution in [0.4, 0.5) is 0 Å². The predicted octanol–water partition coefficient (Wildman–Crippen LogP) is 5.05. The van der Waals surface area contributed by atoms with Crippen molar-refractivity contribution in [3.05, 3.63) is 34.9 Å². The first-order valence-electron chi connectivity index (χ1n) is 7.37. The Labute approximate surface area is 119 Å². The van der Waals surface area contributed by atoms with E-state index >= 15 is 0 Å². The molecule has 0 aliphatic heterocycles. The maximum atomic E-state index is 3.97. The minimum absolute atomic E-state index is 0.702. The molecule has 2 aliphatic rings. The number of rotatable bonds is 3. The molecule has 3 unspecified atom stereocenters. The number of benzene rings is 1. The van der Waals surface area contributed by atoms with Crippen molar-refractivity contribution in [1.82, 2.24) is 0 Å². The second kappa shape index (κ2) is 5.00. The van der Waals surface area contributed by atoms with Crippen LogP contribution in [0.1, 0.15) is 42.4 Å². The number of hydrogen-bond donors (Lipinski definition) is 0. The molecule has 0 radical (unpaired) electrons. The van der Waals surface area contributed by atoms with Crippen molar-refractivity contribution >= 4 is 15.9 Å². The van der Waals surface area contributed by atoms with Crippen molar-refractivity contribution in [3.8, 4) is 0 Å². The number of alkyl halides is 1. The van der Waals surface area contributed by atoms with Gasteiger partial charge in [-0.05, 0) is 67.6 Å². The van der Waals surface area contributed by atoms with Gasteiger partial charge in [-0.25, -0.2) is 0 Å². The quantitative estimate of drug-likeness (QED) is 0.686. The zero-order valence-electron chi connectivity index (χ0n) is 11.5. The lowest BCUT2D eigenvalue weighted by Crippen LogP contribution is -2.08. The van der Waals surface area contributed by atoms with Gasteiger partial charge in [0.1, 0.15) is 0 Å². The van der Waals surface area contributed by atoms with E-state index in [-0.39, 0.29) is 0 Å². The minimum atomic E-state index is 0.702. The maximum absolute atomic E-state index is 3.97. The van der Waals surface area contributed by atoms with Crippen LogP contribution in [0.2, 0.25) is 0 Å². The number of aryl methyl sites for hydroxylation is 2. The van der Waals surface area contributed by atoms with Gasteiger partial charge in [0, 0.05) is 4.83 Å². The Bertz CT molecular complexity index is 425. The summed E-state index contributed by atoms with van der Waals surface area (Å²) in [7, 11) is 0. The Morgan fingerprint density at radius 3 is 2.39 bits per heavy atom. The Morgan fingerprint density at radius 1 is 1.11 bits per heavy atom. The molecule has 2 aliphatic carbocycles. The van der Waals surface area contributed by atoms with E-state index in [1.54, 1.807) is 0 Å². The summed E-state index contributed by atoms with van der Waals surface area (Å²) in [6, 6.07) is 6.95. The molecule has 2 fully saturated rings. The van der Waals surface area contributed by atoms with Crippen LogP contribution in [-0.2, 0) is 6.42 Å². The molecule has 0 nitrogen and oxygen atoms in total. The van der Waals surface area contributed by atoms with Gasteiger partial charge in [0.25, 0.3) is 0 Å². The molecule has 1 heteroatoms. The Balaban J connectivity index is 1.64. The fourth-order valence-corrected chi connectivity index (χ4v) is 5.03. The van der Waals surface area contributed by atoms with Crippen LogP contribution in [0.5, 0.6) is 0 Å². The first-order valence-corrected chi connectivity index (χ1v) is 8.28. The third-order valence-electron chi connectivity index (χ3n) is 5.14. The van der Waals surface area contributed by atoms with E-state index in [0.29, 0.717) is 4.83 Å². The normalized spacial score (nSPS) is 31.8. The Kier molecular flexibility index (Phi) is 3.53. The number of halogens is 1. The Morgan fingerprint density at radius 2 is 1.78 bits per heavy atom. The van der Waals surface area contributed by atoms with Crippen molar-refractivity contribution in [2.24, 2.45) is 17.8 Å². The van der Waals surface area contributed by atoms with Gasteiger partial charge in [0.05, 0.1) is 0 Å². The van der Waals surface area contributed by atoms with E-state index in [0.717, 1.165) is 17.8 Å². The molecule has 3 rings (SSSR count). The molecule has 0 amide bonds. The molecule has 0 N–H and O–H groups in total. The number of fused-ring (bicyclic) bond motifs is 1. The highest BCUT2D eigenvalue weighted by Gasteiger charge is 2.53. The fraction of sp³-hybridized carbons (Fsp3) is 0.647. The standard InChI is InChI=1S/C17H23Br/c1-11-7-8-13(9-12(11)2)10-16(18)17-14-5-3-4-6-15(14)17/h7-9,14-17H,3-6,10H2,1-2H3. The van der Waals surface area contributed by atoms with Crippen molar-refractivity contribution in [1.29, 1.82) is 0 Å². The van der Waals surface area contributed by atoms with E-state index in [1.807, 2.05) is 0 Å². The molecule has 2 saturated carbocycles. The van der Waals surface area contributed by atoms with Gasteiger partial charge >= 0.3 is 0 Å². The molecular formula is C17H23Br. The van der Waals surface area contributed by atoms with Gasteiger partial charge < -0.3 is 0 Å². The van der Waals surface area contributed by atoms with Gasteiger partial charge in [-0.3, -0.25) is 0 Å². The average Bonchev–Trinajstić information content (AvgIpc) is 3.08. The summed E-state index contributed by atoms with van der Waals surface area (Å²) in [5.74, 6) is 3.07. The molecule has 0 aromatic heterocycles. The van der Waals surface area contributed by atoms with Crippen LogP contribution < -0.4 is 0 Å². The summed E-state index contributed by atoms with van der Waals surface area (Å²) >= 11 is 3.97. The van der Waals surface area contributed by atoms with Gasteiger partial charge in [-0.1, -0.05) is 47.0 Å². The molecule has 1 aromatic rings. The van der Waals surface area contributed by atoms with Crippen LogP contribution in [-0.4, -0.2) is 4.83 Å². The Hall–Kier alpha value is -0.300. The highest BCUT2D eigenvalue weighted by molar-refractivity contribution is 9.09. The molecule has 0 saturated heterocycles. The first kappa shape index (κ1) is 12.7. The lowest BCUT2D eigenvalue weighted by Gasteiger charge is -2.11. The third kappa shape index (κ3) is 2.39. The second-order valence-electron chi connectivity index (χ2n) is 6.33. The zero-order chi connectivity index (χ0) is 12.7. The smallest absolute Gasteiger partial charge is 0.0219 e. The van der Waals surface area contributed by atoms with Crippen molar-refractivity contribution in [2.45, 2.75) is 50.8 Å². The first-order chi connectivity index (χ1) is 8.66. The zero-order valence-corrected chi connectivity index (χ0v) is 13.0. The SMILES string of the molecule is Cc1ccc(CC(Br)C2C3CCCCC32)cc1C. The average molecular weight is 307 g/mol. The largest absolute Gasteiger partial charge is 0.0884 e. The van der Waals surface area contributed by atoms with Gasteiger partial charge in [0.2, 0.25) is 0 Å². The van der Waals surface area contributed by atoms with Crippen molar-refractivity contribution in [3.63, 3.8) is 0 Å². The van der Waals surface area contributed by atoms with E-state index in [1.165, 1.54) is 48.8 Å². The summed E-state index contributed by atoms with van der Waals surface area (Å²) in [4.78, 5) is 0.702. The molecule has 3 atom stereocenters. The minimum Gasteiger partial charge on any atom is -0.0884 e. The van der Waals surface area contributed by atoms with E-state index in [9.17, 15) is 0 Å². The van der Waals surface area contributed by atoms with Crippen molar-refractivity contribution < 1.29 is 0 Å². The summed E-state index contributed by atoms with van der Waals surface area (Å²) in [6.07, 6.45) is 7.13. The summed E-state index contributed by atoms with van der Waals surface area (Å²) in [5.41, 5.74) is 4.34. The van der Waals surface area contributed by atoms with Gasteiger partial charge in [-0.2, -0.15) is 0 Å². The van der Waals surface area contributed by atoms with Gasteiger partial charge in [-0.15, -0.1) is 0 Å².